The van der Waals surface area contributed by atoms with Crippen LogP contribution in [0.5, 0.6) is 23.0 Å². The van der Waals surface area contributed by atoms with E-state index in [4.69, 9.17) is 18.9 Å². The van der Waals surface area contributed by atoms with Crippen molar-refractivity contribution < 1.29 is 34.0 Å². The summed E-state index contributed by atoms with van der Waals surface area (Å²) in [4.78, 5) is 11.7. The van der Waals surface area contributed by atoms with Crippen LogP contribution in [0.4, 0.5) is 0 Å². The highest BCUT2D eigenvalue weighted by Crippen LogP contribution is 2.23. The predicted molar refractivity (Wildman–Crippen MR) is 89.4 cm³/mol. The molecule has 0 fully saturated rings. The number of rotatable bonds is 9. The quantitative estimate of drug-likeness (QED) is 0.530. The van der Waals surface area contributed by atoms with E-state index in [1.807, 2.05) is 0 Å². The number of ether oxygens (including phenoxy) is 4. The Bertz CT molecular complexity index is 682. The van der Waals surface area contributed by atoms with Crippen LogP contribution in [-0.2, 0) is 9.47 Å². The van der Waals surface area contributed by atoms with Gasteiger partial charge in [-0.15, -0.1) is 0 Å². The predicted octanol–water partition coefficient (Wildman–Crippen LogP) is 2.36. The van der Waals surface area contributed by atoms with Crippen LogP contribution in [0.25, 0.3) is 0 Å². The van der Waals surface area contributed by atoms with Crippen LogP contribution >= 0.6 is 0 Å². The summed E-state index contributed by atoms with van der Waals surface area (Å²) in [5.41, 5.74) is -0.0133. The number of phenolic OH excluding ortho intramolecular Hbond substituents is 2. The number of methoxy groups -OCH3 is 1. The van der Waals surface area contributed by atoms with E-state index in [0.29, 0.717) is 19.0 Å². The topological polar surface area (TPSA) is 94.5 Å². The zero-order valence-electron chi connectivity index (χ0n) is 13.8. The first-order chi connectivity index (χ1) is 12.1. The molecule has 0 heterocycles. The second-order valence-corrected chi connectivity index (χ2v) is 4.97. The number of hydrogen-bond acceptors (Lipinski definition) is 7. The molecule has 0 bridgehead atoms. The Morgan fingerprint density at radius 2 is 1.60 bits per heavy atom. The van der Waals surface area contributed by atoms with Crippen LogP contribution in [0.3, 0.4) is 0 Å². The summed E-state index contributed by atoms with van der Waals surface area (Å²) in [7, 11) is 1.60. The first kappa shape index (κ1) is 18.4. The van der Waals surface area contributed by atoms with Crippen LogP contribution in [0.2, 0.25) is 0 Å². The van der Waals surface area contributed by atoms with Gasteiger partial charge in [0.25, 0.3) is 0 Å². The lowest BCUT2D eigenvalue weighted by Gasteiger charge is -2.09. The summed E-state index contributed by atoms with van der Waals surface area (Å²) in [6.07, 6.45) is 0. The largest absolute Gasteiger partial charge is 0.508 e. The maximum Gasteiger partial charge on any atom is 0.341 e. The van der Waals surface area contributed by atoms with Crippen molar-refractivity contribution in [2.75, 3.05) is 33.5 Å². The molecule has 2 aromatic rings. The van der Waals surface area contributed by atoms with Crippen LogP contribution in [-0.4, -0.2) is 49.7 Å². The summed E-state index contributed by atoms with van der Waals surface area (Å²) in [5.74, 6) is 0.312. The number of aromatic hydroxyl groups is 2. The van der Waals surface area contributed by atoms with Crippen molar-refractivity contribution in [3.8, 4) is 23.0 Å². The van der Waals surface area contributed by atoms with Crippen molar-refractivity contribution in [1.82, 2.24) is 0 Å². The van der Waals surface area contributed by atoms with Gasteiger partial charge in [-0.2, -0.15) is 0 Å². The first-order valence-electron chi connectivity index (χ1n) is 7.64. The molecular formula is C18H20O7. The minimum Gasteiger partial charge on any atom is -0.508 e. The summed E-state index contributed by atoms with van der Waals surface area (Å²) >= 11 is 0. The van der Waals surface area contributed by atoms with E-state index in [1.54, 1.807) is 31.4 Å². The molecule has 0 aliphatic heterocycles. The van der Waals surface area contributed by atoms with Gasteiger partial charge >= 0.3 is 5.97 Å². The van der Waals surface area contributed by atoms with Gasteiger partial charge in [-0.1, -0.05) is 0 Å². The van der Waals surface area contributed by atoms with Crippen LogP contribution in [0.15, 0.2) is 42.5 Å². The fraction of sp³-hybridized carbons (Fsp3) is 0.278. The molecular weight excluding hydrogens is 328 g/mol. The van der Waals surface area contributed by atoms with E-state index in [-0.39, 0.29) is 30.3 Å². The molecule has 0 amide bonds. The molecule has 0 aliphatic rings. The highest BCUT2D eigenvalue weighted by atomic mass is 16.6. The fourth-order valence-corrected chi connectivity index (χ4v) is 1.96. The lowest BCUT2D eigenvalue weighted by molar-refractivity contribution is 0.0270. The Balaban J connectivity index is 1.59. The average molecular weight is 348 g/mol. The summed E-state index contributed by atoms with van der Waals surface area (Å²) in [5, 5.41) is 18.7. The molecule has 0 saturated heterocycles. The normalized spacial score (nSPS) is 10.3. The molecule has 7 nitrogen and oxygen atoms in total. The average Bonchev–Trinajstić information content (AvgIpc) is 2.61. The minimum atomic E-state index is -0.685. The third-order valence-corrected chi connectivity index (χ3v) is 3.22. The first-order valence-corrected chi connectivity index (χ1v) is 7.64. The van der Waals surface area contributed by atoms with Crippen LogP contribution < -0.4 is 9.47 Å². The molecule has 0 aliphatic carbocycles. The third kappa shape index (κ3) is 5.89. The maximum atomic E-state index is 11.7. The van der Waals surface area contributed by atoms with E-state index < -0.39 is 5.97 Å². The molecule has 2 aromatic carbocycles. The monoisotopic (exact) mass is 348 g/mol. The molecule has 7 heteroatoms. The van der Waals surface area contributed by atoms with Crippen LogP contribution in [0, 0.1) is 0 Å². The summed E-state index contributed by atoms with van der Waals surface area (Å²) < 4.78 is 20.8. The number of carbonyl (C=O) groups excluding carboxylic acids is 1. The Hall–Kier alpha value is -2.93. The standard InChI is InChI=1S/C18H20O7/c1-22-14-3-5-15(6-4-14)24-10-8-23-9-11-25-18(21)16-7-2-13(19)12-17(16)20/h2-7,12,19-20H,8-11H2,1H3. The Morgan fingerprint density at radius 1 is 0.920 bits per heavy atom. The van der Waals surface area contributed by atoms with E-state index in [0.717, 1.165) is 11.8 Å². The Morgan fingerprint density at radius 3 is 2.28 bits per heavy atom. The minimum absolute atomic E-state index is 0.0133. The molecule has 0 spiro atoms. The van der Waals surface area contributed by atoms with E-state index in [2.05, 4.69) is 0 Å². The van der Waals surface area contributed by atoms with Crippen molar-refractivity contribution in [2.24, 2.45) is 0 Å². The molecule has 25 heavy (non-hydrogen) atoms. The molecule has 0 aromatic heterocycles. The highest BCUT2D eigenvalue weighted by Gasteiger charge is 2.12. The smallest absolute Gasteiger partial charge is 0.341 e. The molecule has 0 saturated carbocycles. The van der Waals surface area contributed by atoms with Crippen molar-refractivity contribution in [1.29, 1.82) is 0 Å². The number of phenols is 2. The number of carbonyl (C=O) groups is 1. The SMILES string of the molecule is COc1ccc(OCCOCCOC(=O)c2ccc(O)cc2O)cc1. The van der Waals surface area contributed by atoms with Gasteiger partial charge in [-0.3, -0.25) is 0 Å². The van der Waals surface area contributed by atoms with E-state index in [1.165, 1.54) is 12.1 Å². The zero-order valence-corrected chi connectivity index (χ0v) is 13.8. The third-order valence-electron chi connectivity index (χ3n) is 3.22. The second-order valence-electron chi connectivity index (χ2n) is 4.97. The van der Waals surface area contributed by atoms with Gasteiger partial charge in [0.05, 0.1) is 20.3 Å². The van der Waals surface area contributed by atoms with Gasteiger partial charge in [-0.25, -0.2) is 4.79 Å². The fourth-order valence-electron chi connectivity index (χ4n) is 1.96. The van der Waals surface area contributed by atoms with Gasteiger partial charge in [0.15, 0.2) is 0 Å². The molecule has 0 atom stereocenters. The summed E-state index contributed by atoms with van der Waals surface area (Å²) in [6.45, 7) is 0.950. The Kier molecular flexibility index (Phi) is 6.91. The molecule has 134 valence electrons. The number of hydrogen-bond donors (Lipinski definition) is 2. The van der Waals surface area contributed by atoms with Crippen molar-refractivity contribution >= 4 is 5.97 Å². The maximum absolute atomic E-state index is 11.7. The lowest BCUT2D eigenvalue weighted by Crippen LogP contribution is -2.13. The zero-order chi connectivity index (χ0) is 18.1. The highest BCUT2D eigenvalue weighted by molar-refractivity contribution is 5.92. The number of benzene rings is 2. The van der Waals surface area contributed by atoms with Crippen LogP contribution in [0.1, 0.15) is 10.4 Å². The molecule has 0 unspecified atom stereocenters. The second kappa shape index (κ2) is 9.39. The van der Waals surface area contributed by atoms with Gasteiger partial charge in [-0.05, 0) is 36.4 Å². The van der Waals surface area contributed by atoms with Crippen molar-refractivity contribution in [3.63, 3.8) is 0 Å². The lowest BCUT2D eigenvalue weighted by atomic mass is 10.2. The van der Waals surface area contributed by atoms with E-state index in [9.17, 15) is 15.0 Å². The van der Waals surface area contributed by atoms with Gasteiger partial charge < -0.3 is 29.2 Å². The molecule has 2 rings (SSSR count). The van der Waals surface area contributed by atoms with E-state index >= 15 is 0 Å². The van der Waals surface area contributed by atoms with Gasteiger partial charge in [0.1, 0.15) is 41.8 Å². The molecule has 2 N–H and O–H groups in total. The van der Waals surface area contributed by atoms with Gasteiger partial charge in [0.2, 0.25) is 0 Å². The van der Waals surface area contributed by atoms with Crippen molar-refractivity contribution in [3.05, 3.63) is 48.0 Å². The van der Waals surface area contributed by atoms with Crippen molar-refractivity contribution in [2.45, 2.75) is 0 Å². The van der Waals surface area contributed by atoms with Gasteiger partial charge in [0, 0.05) is 6.07 Å². The summed E-state index contributed by atoms with van der Waals surface area (Å²) in [6, 6.07) is 10.8. The Labute approximate surface area is 145 Å². The molecule has 0 radical (unpaired) electrons. The number of esters is 1.